The van der Waals surface area contributed by atoms with E-state index in [1.54, 1.807) is 0 Å². The fourth-order valence-electron chi connectivity index (χ4n) is 14.3. The van der Waals surface area contributed by atoms with Gasteiger partial charge in [0.2, 0.25) is 0 Å². The zero-order chi connectivity index (χ0) is 63.0. The number of nitrogens with two attached hydrogens (primary N) is 1. The molecule has 0 aliphatic carbocycles. The van der Waals surface area contributed by atoms with Gasteiger partial charge in [0, 0.05) is 108 Å². The summed E-state index contributed by atoms with van der Waals surface area (Å²) in [4.78, 5) is 6.18. The monoisotopic (exact) mass is 1220 g/mol. The Labute approximate surface area is 550 Å². The molecule has 0 heterocycles. The van der Waals surface area contributed by atoms with E-state index in [2.05, 4.69) is 340 Å². The molecule has 0 aromatic heterocycles. The number of benzene rings is 10. The molecule has 1 unspecified atom stereocenters. The molecule has 0 spiro atoms. The largest absolute Gasteiger partial charge is 0.329 e. The van der Waals surface area contributed by atoms with Crippen LogP contribution in [0.4, 0.5) is 0 Å². The van der Waals surface area contributed by atoms with Crippen LogP contribution < -0.4 is 32.3 Å². The minimum atomic E-state index is -0.777. The van der Waals surface area contributed by atoms with Gasteiger partial charge in [-0.05, 0) is 101 Å². The van der Waals surface area contributed by atoms with E-state index in [4.69, 9.17) is 5.73 Å². The Bertz CT molecular complexity index is 3370. The topological polar surface area (TPSA) is 92.6 Å². The van der Waals surface area contributed by atoms with Crippen LogP contribution in [0, 0.1) is 0 Å². The molecule has 8 nitrogen and oxygen atoms in total. The lowest BCUT2D eigenvalue weighted by Crippen LogP contribution is -2.80. The third-order valence-corrected chi connectivity index (χ3v) is 18.6. The Kier molecular flexibility index (Phi) is 26.3. The zero-order valence-electron chi connectivity index (χ0n) is 54.1. The van der Waals surface area contributed by atoms with Crippen molar-refractivity contribution in [3.8, 4) is 0 Å². The van der Waals surface area contributed by atoms with Crippen molar-refractivity contribution < 1.29 is 0 Å². The number of rotatable bonds is 40. The summed E-state index contributed by atoms with van der Waals surface area (Å²) in [5, 5.41) is 19.1. The maximum absolute atomic E-state index is 5.69. The predicted molar refractivity (Wildman–Crippen MR) is 386 cm³/mol. The molecule has 0 aliphatic heterocycles. The summed E-state index contributed by atoms with van der Waals surface area (Å²) in [5.41, 5.74) is 16.5. The Morgan fingerprint density at radius 3 is 0.826 bits per heavy atom. The molecule has 0 radical (unpaired) electrons. The molecule has 0 fully saturated rings. The van der Waals surface area contributed by atoms with Crippen molar-refractivity contribution in [2.24, 2.45) is 5.73 Å². The molecule has 92 heavy (non-hydrogen) atoms. The molecular weight excluding hydrogens is 1120 g/mol. The van der Waals surface area contributed by atoms with Crippen molar-refractivity contribution in [1.82, 2.24) is 36.4 Å². The molecular formula is C84H98N8. The van der Waals surface area contributed by atoms with Crippen LogP contribution in [0.3, 0.4) is 0 Å². The summed E-state index contributed by atoms with van der Waals surface area (Å²) in [6.45, 7) is 10.6. The summed E-state index contributed by atoms with van der Waals surface area (Å²) in [7, 11) is 0. The first-order chi connectivity index (χ1) is 45.5. The fourth-order valence-corrected chi connectivity index (χ4v) is 14.3. The van der Waals surface area contributed by atoms with Gasteiger partial charge in [-0.15, -0.1) is 0 Å². The van der Waals surface area contributed by atoms with Gasteiger partial charge in [0.15, 0.2) is 0 Å². The van der Waals surface area contributed by atoms with Gasteiger partial charge in [-0.2, -0.15) is 0 Å². The molecule has 10 aromatic rings. The predicted octanol–water partition coefficient (Wildman–Crippen LogP) is 13.4. The molecule has 7 N–H and O–H groups in total. The van der Waals surface area contributed by atoms with Gasteiger partial charge >= 0.3 is 0 Å². The Morgan fingerprint density at radius 1 is 0.261 bits per heavy atom. The van der Waals surface area contributed by atoms with Crippen molar-refractivity contribution in [1.29, 1.82) is 0 Å². The van der Waals surface area contributed by atoms with Crippen LogP contribution in [0.5, 0.6) is 0 Å². The lowest BCUT2D eigenvalue weighted by molar-refractivity contribution is -0.144. The van der Waals surface area contributed by atoms with Crippen LogP contribution in [0.25, 0.3) is 0 Å². The first-order valence-corrected chi connectivity index (χ1v) is 33.7. The molecule has 0 saturated heterocycles. The molecule has 0 bridgehead atoms. The zero-order valence-corrected chi connectivity index (χ0v) is 54.1. The van der Waals surface area contributed by atoms with Crippen LogP contribution in [0.1, 0.15) is 55.6 Å². The molecule has 10 aromatic carbocycles. The van der Waals surface area contributed by atoms with Crippen LogP contribution in [0.2, 0.25) is 0 Å². The fraction of sp³-hybridized carbons (Fsp3) is 0.286. The van der Waals surface area contributed by atoms with E-state index in [9.17, 15) is 0 Å². The van der Waals surface area contributed by atoms with Crippen molar-refractivity contribution in [3.63, 3.8) is 0 Å². The Morgan fingerprint density at radius 2 is 0.511 bits per heavy atom. The summed E-state index contributed by atoms with van der Waals surface area (Å²) in [6, 6.07) is 115. The van der Waals surface area contributed by atoms with Crippen molar-refractivity contribution >= 4 is 0 Å². The van der Waals surface area contributed by atoms with E-state index in [-0.39, 0.29) is 6.04 Å². The molecule has 8 heteroatoms. The normalized spacial score (nSPS) is 12.3. The molecule has 0 aliphatic rings. The molecule has 474 valence electrons. The maximum atomic E-state index is 5.69. The number of nitrogens with zero attached hydrogens (tertiary/aromatic N) is 2. The van der Waals surface area contributed by atoms with Gasteiger partial charge in [-0.3, -0.25) is 9.80 Å². The second kappa shape index (κ2) is 36.2. The van der Waals surface area contributed by atoms with E-state index in [0.717, 1.165) is 104 Å². The molecule has 0 amide bonds. The first kappa shape index (κ1) is 66.8. The van der Waals surface area contributed by atoms with Gasteiger partial charge in [0.1, 0.15) is 0 Å². The average Bonchev–Trinajstić information content (AvgIpc) is 0.701. The first-order valence-electron chi connectivity index (χ1n) is 33.7. The number of nitrogens with one attached hydrogen (secondary N) is 5. The molecule has 0 saturated carbocycles. The average molecular weight is 1220 g/mol. The minimum Gasteiger partial charge on any atom is -0.329 e. The van der Waals surface area contributed by atoms with E-state index < -0.39 is 16.6 Å². The SMILES string of the molecule is NCCNCCNCCNCCNCCNC(Cc1ccccc1)C(Cc1ccccc1)(Cc1ccccc1)N(Cc1ccccc1)C(Cc1ccccc1)(Cc1ccccc1)C(Cc1ccccc1)(Cc1ccccc1)N(Cc1ccccc1)Cc1ccccc1. The van der Waals surface area contributed by atoms with Gasteiger partial charge in [0.05, 0.1) is 0 Å². The molecule has 10 rings (SSSR count). The number of hydrogen-bond acceptors (Lipinski definition) is 8. The summed E-state index contributed by atoms with van der Waals surface area (Å²) < 4.78 is 0. The quantitative estimate of drug-likeness (QED) is 0.0212. The van der Waals surface area contributed by atoms with Crippen LogP contribution >= 0.6 is 0 Å². The van der Waals surface area contributed by atoms with Crippen LogP contribution in [0.15, 0.2) is 303 Å². The third-order valence-electron chi connectivity index (χ3n) is 18.6. The minimum absolute atomic E-state index is 0.117. The van der Waals surface area contributed by atoms with Crippen molar-refractivity contribution in [2.75, 3.05) is 65.4 Å². The lowest BCUT2D eigenvalue weighted by Gasteiger charge is -2.67. The van der Waals surface area contributed by atoms with Crippen LogP contribution in [-0.2, 0) is 64.6 Å². The van der Waals surface area contributed by atoms with Crippen molar-refractivity contribution in [3.05, 3.63) is 359 Å². The highest BCUT2D eigenvalue weighted by Gasteiger charge is 2.63. The number of hydrogen-bond donors (Lipinski definition) is 6. The van der Waals surface area contributed by atoms with Gasteiger partial charge in [-0.25, -0.2) is 0 Å². The van der Waals surface area contributed by atoms with E-state index in [1.165, 1.54) is 55.6 Å². The Hall–Kier alpha value is -8.12. The maximum Gasteiger partial charge on any atom is 0.0490 e. The van der Waals surface area contributed by atoms with Gasteiger partial charge < -0.3 is 32.3 Å². The highest BCUT2D eigenvalue weighted by Crippen LogP contribution is 2.51. The third kappa shape index (κ3) is 19.2. The van der Waals surface area contributed by atoms with Crippen molar-refractivity contribution in [2.45, 2.75) is 87.2 Å². The smallest absolute Gasteiger partial charge is 0.0490 e. The van der Waals surface area contributed by atoms with E-state index in [0.29, 0.717) is 26.2 Å². The highest BCUT2D eigenvalue weighted by atomic mass is 15.4. The van der Waals surface area contributed by atoms with E-state index >= 15 is 0 Å². The Balaban J connectivity index is 1.29. The van der Waals surface area contributed by atoms with Crippen LogP contribution in [-0.4, -0.2) is 97.9 Å². The summed E-state index contributed by atoms with van der Waals surface area (Å²) in [5.74, 6) is 0. The summed E-state index contributed by atoms with van der Waals surface area (Å²) in [6.07, 6.45) is 5.25. The second-order valence-electron chi connectivity index (χ2n) is 25.0. The summed E-state index contributed by atoms with van der Waals surface area (Å²) >= 11 is 0. The van der Waals surface area contributed by atoms with Gasteiger partial charge in [0.25, 0.3) is 0 Å². The molecule has 1 atom stereocenters. The highest BCUT2D eigenvalue weighted by molar-refractivity contribution is 5.39. The van der Waals surface area contributed by atoms with Gasteiger partial charge in [-0.1, -0.05) is 303 Å². The lowest BCUT2D eigenvalue weighted by atomic mass is 9.59. The standard InChI is InChI=1S/C84H98N8/c85-51-52-86-53-54-87-55-56-88-57-58-89-59-60-90-81(61-71-31-11-1-12-32-71)82(62-72-33-13-2-14-34-72,63-73-35-15-3-16-36-73)92(70-80-49-29-10-30-50-80)84(66-76-41-21-6-22-42-76,67-77-43-23-7-24-44-77)83(64-74-37-17-4-18-38-74,65-75-39-19-5-20-40-75)91(68-78-45-25-8-26-46-78)69-79-47-27-9-28-48-79/h1-50,81,86-90H,51-70,85H2. The second-order valence-corrected chi connectivity index (χ2v) is 25.0. The van der Waals surface area contributed by atoms with E-state index in [1.807, 2.05) is 0 Å².